The number of hydrogen-bond acceptors (Lipinski definition) is 6. The highest BCUT2D eigenvalue weighted by Gasteiger charge is 2.20. The Labute approximate surface area is 182 Å². The van der Waals surface area contributed by atoms with E-state index in [1.54, 1.807) is 45.2 Å². The Bertz CT molecular complexity index is 981. The second kappa shape index (κ2) is 10.8. The predicted molar refractivity (Wildman–Crippen MR) is 121 cm³/mol. The number of amides is 2. The summed E-state index contributed by atoms with van der Waals surface area (Å²) in [5, 5.41) is 8.16. The SMILES string of the molecule is CNc1ccccc1.COc1cc(NC(=O)C(=O)NC(C)(C)C)ccc1-c1cnco1. The summed E-state index contributed by atoms with van der Waals surface area (Å²) in [5.41, 5.74) is 1.82. The fraction of sp³-hybridized carbons (Fsp3) is 0.261. The molecule has 3 aromatic rings. The van der Waals surface area contributed by atoms with Gasteiger partial charge in [0.25, 0.3) is 0 Å². The van der Waals surface area contributed by atoms with Crippen molar-refractivity contribution in [3.63, 3.8) is 0 Å². The van der Waals surface area contributed by atoms with Crippen LogP contribution in [0.1, 0.15) is 20.8 Å². The van der Waals surface area contributed by atoms with Crippen LogP contribution in [0.3, 0.4) is 0 Å². The van der Waals surface area contributed by atoms with Crippen molar-refractivity contribution >= 4 is 23.2 Å². The minimum Gasteiger partial charge on any atom is -0.496 e. The lowest BCUT2D eigenvalue weighted by molar-refractivity contribution is -0.137. The Hall–Kier alpha value is -3.81. The van der Waals surface area contributed by atoms with Gasteiger partial charge in [-0.15, -0.1) is 0 Å². The summed E-state index contributed by atoms with van der Waals surface area (Å²) in [7, 11) is 3.42. The molecule has 0 spiro atoms. The number of aromatic nitrogens is 1. The summed E-state index contributed by atoms with van der Waals surface area (Å²) in [5.74, 6) is -0.397. The van der Waals surface area contributed by atoms with E-state index in [0.717, 1.165) is 5.69 Å². The summed E-state index contributed by atoms with van der Waals surface area (Å²) in [6.45, 7) is 5.40. The topological polar surface area (TPSA) is 105 Å². The molecule has 2 amide bonds. The summed E-state index contributed by atoms with van der Waals surface area (Å²) in [6, 6.07) is 15.1. The number of ether oxygens (including phenoxy) is 1. The van der Waals surface area contributed by atoms with Gasteiger partial charge in [0.05, 0.1) is 18.9 Å². The van der Waals surface area contributed by atoms with Gasteiger partial charge >= 0.3 is 11.8 Å². The molecule has 8 heteroatoms. The average molecular weight is 425 g/mol. The second-order valence-corrected chi connectivity index (χ2v) is 7.56. The maximum atomic E-state index is 11.9. The molecule has 3 rings (SSSR count). The molecule has 164 valence electrons. The highest BCUT2D eigenvalue weighted by Crippen LogP contribution is 2.32. The van der Waals surface area contributed by atoms with E-state index in [-0.39, 0.29) is 0 Å². The number of carbonyl (C=O) groups excluding carboxylic acids is 2. The third-order valence-corrected chi connectivity index (χ3v) is 3.91. The molecule has 0 atom stereocenters. The molecule has 0 aliphatic heterocycles. The van der Waals surface area contributed by atoms with Crippen LogP contribution in [0.15, 0.2) is 65.5 Å². The summed E-state index contributed by atoms with van der Waals surface area (Å²) >= 11 is 0. The number of methoxy groups -OCH3 is 1. The van der Waals surface area contributed by atoms with E-state index in [9.17, 15) is 9.59 Å². The Morgan fingerprint density at radius 3 is 2.23 bits per heavy atom. The Kier molecular flexibility index (Phi) is 8.19. The normalized spacial score (nSPS) is 10.4. The number of anilines is 2. The first-order valence-corrected chi connectivity index (χ1v) is 9.66. The molecule has 0 unspecified atom stereocenters. The summed E-state index contributed by atoms with van der Waals surface area (Å²) in [6.07, 6.45) is 2.88. The third kappa shape index (κ3) is 7.50. The van der Waals surface area contributed by atoms with Crippen molar-refractivity contribution in [2.75, 3.05) is 24.8 Å². The number of nitrogens with zero attached hydrogens (tertiary/aromatic N) is 1. The summed E-state index contributed by atoms with van der Waals surface area (Å²) < 4.78 is 10.5. The lowest BCUT2D eigenvalue weighted by Gasteiger charge is -2.20. The monoisotopic (exact) mass is 424 g/mol. The first-order chi connectivity index (χ1) is 14.7. The van der Waals surface area contributed by atoms with Gasteiger partial charge in [0.15, 0.2) is 12.2 Å². The van der Waals surface area contributed by atoms with Crippen molar-refractivity contribution < 1.29 is 18.7 Å². The number of hydrogen-bond donors (Lipinski definition) is 3. The molecule has 0 saturated carbocycles. The number of benzene rings is 2. The van der Waals surface area contributed by atoms with Crippen molar-refractivity contribution in [1.82, 2.24) is 10.3 Å². The number of carbonyl (C=O) groups is 2. The largest absolute Gasteiger partial charge is 0.496 e. The van der Waals surface area contributed by atoms with Gasteiger partial charge in [-0.1, -0.05) is 18.2 Å². The zero-order valence-corrected chi connectivity index (χ0v) is 18.4. The van der Waals surface area contributed by atoms with Crippen molar-refractivity contribution in [2.24, 2.45) is 0 Å². The van der Waals surface area contributed by atoms with Crippen LogP contribution in [0.5, 0.6) is 5.75 Å². The molecule has 31 heavy (non-hydrogen) atoms. The quantitative estimate of drug-likeness (QED) is 0.548. The summed E-state index contributed by atoms with van der Waals surface area (Å²) in [4.78, 5) is 27.6. The average Bonchev–Trinajstić information content (AvgIpc) is 3.28. The van der Waals surface area contributed by atoms with Gasteiger partial charge in [-0.3, -0.25) is 9.59 Å². The van der Waals surface area contributed by atoms with E-state index < -0.39 is 17.4 Å². The van der Waals surface area contributed by atoms with E-state index in [1.165, 1.54) is 13.5 Å². The highest BCUT2D eigenvalue weighted by molar-refractivity contribution is 6.39. The van der Waals surface area contributed by atoms with Gasteiger partial charge in [0.1, 0.15) is 5.75 Å². The first-order valence-electron chi connectivity index (χ1n) is 9.66. The smallest absolute Gasteiger partial charge is 0.313 e. The van der Waals surface area contributed by atoms with Gasteiger partial charge in [0.2, 0.25) is 0 Å². The molecule has 1 heterocycles. The van der Waals surface area contributed by atoms with Crippen molar-refractivity contribution in [1.29, 1.82) is 0 Å². The van der Waals surface area contributed by atoms with Crippen LogP contribution >= 0.6 is 0 Å². The molecule has 0 radical (unpaired) electrons. The minimum absolute atomic E-state index is 0.444. The minimum atomic E-state index is -0.741. The van der Waals surface area contributed by atoms with Gasteiger partial charge in [-0.05, 0) is 45.0 Å². The van der Waals surface area contributed by atoms with Gasteiger partial charge in [-0.25, -0.2) is 4.98 Å². The van der Waals surface area contributed by atoms with Crippen LogP contribution < -0.4 is 20.7 Å². The lowest BCUT2D eigenvalue weighted by atomic mass is 10.1. The van der Waals surface area contributed by atoms with Crippen LogP contribution in [-0.4, -0.2) is 36.5 Å². The molecular formula is C23H28N4O4. The van der Waals surface area contributed by atoms with Gasteiger partial charge in [-0.2, -0.15) is 0 Å². The zero-order valence-electron chi connectivity index (χ0n) is 18.4. The van der Waals surface area contributed by atoms with E-state index in [1.807, 2.05) is 37.4 Å². The van der Waals surface area contributed by atoms with Crippen LogP contribution in [0.2, 0.25) is 0 Å². The lowest BCUT2D eigenvalue weighted by Crippen LogP contribution is -2.46. The fourth-order valence-corrected chi connectivity index (χ4v) is 2.51. The molecule has 0 saturated heterocycles. The Morgan fingerprint density at radius 1 is 1.00 bits per heavy atom. The molecule has 0 aliphatic rings. The number of para-hydroxylation sites is 1. The zero-order chi connectivity index (χ0) is 22.9. The van der Waals surface area contributed by atoms with Gasteiger partial charge < -0.3 is 25.1 Å². The van der Waals surface area contributed by atoms with Crippen LogP contribution in [0.4, 0.5) is 11.4 Å². The van der Waals surface area contributed by atoms with Crippen molar-refractivity contribution in [3.8, 4) is 17.1 Å². The molecule has 3 N–H and O–H groups in total. The van der Waals surface area contributed by atoms with Crippen LogP contribution in [0.25, 0.3) is 11.3 Å². The molecular weight excluding hydrogens is 396 g/mol. The fourth-order valence-electron chi connectivity index (χ4n) is 2.51. The van der Waals surface area contributed by atoms with Crippen molar-refractivity contribution in [3.05, 3.63) is 61.1 Å². The van der Waals surface area contributed by atoms with E-state index in [2.05, 4.69) is 20.9 Å². The maximum Gasteiger partial charge on any atom is 0.313 e. The number of oxazole rings is 1. The standard InChI is InChI=1S/C16H19N3O4.C7H9N/c1-16(2,3)19-15(21)14(20)18-10-5-6-11(12(7-10)22-4)13-8-17-9-23-13;1-8-7-5-3-2-4-6-7/h5-9H,1-4H3,(H,18,20)(H,19,21);2-6,8H,1H3. The molecule has 1 aromatic heterocycles. The first kappa shape index (κ1) is 23.5. The molecule has 0 aliphatic carbocycles. The maximum absolute atomic E-state index is 11.9. The number of nitrogens with one attached hydrogen (secondary N) is 3. The Balaban J connectivity index is 0.000000357. The van der Waals surface area contributed by atoms with Crippen molar-refractivity contribution in [2.45, 2.75) is 26.3 Å². The van der Waals surface area contributed by atoms with Crippen LogP contribution in [-0.2, 0) is 9.59 Å². The van der Waals surface area contributed by atoms with Crippen LogP contribution in [0, 0.1) is 0 Å². The van der Waals surface area contributed by atoms with Gasteiger partial charge in [0, 0.05) is 30.0 Å². The highest BCUT2D eigenvalue weighted by atomic mass is 16.5. The molecule has 8 nitrogen and oxygen atoms in total. The molecule has 2 aromatic carbocycles. The predicted octanol–water partition coefficient (Wildman–Crippen LogP) is 3.93. The molecule has 0 fully saturated rings. The number of rotatable bonds is 4. The van der Waals surface area contributed by atoms with E-state index in [0.29, 0.717) is 22.8 Å². The van der Waals surface area contributed by atoms with E-state index in [4.69, 9.17) is 9.15 Å². The van der Waals surface area contributed by atoms with E-state index >= 15 is 0 Å². The molecule has 0 bridgehead atoms. The second-order valence-electron chi connectivity index (χ2n) is 7.56. The Morgan fingerprint density at radius 2 is 1.71 bits per heavy atom. The third-order valence-electron chi connectivity index (χ3n) is 3.91.